The molecule has 2 heterocycles. The Kier molecular flexibility index (Phi) is 5.01. The molecule has 0 spiro atoms. The molecule has 0 aromatic heterocycles. The van der Waals surface area contributed by atoms with Crippen molar-refractivity contribution in [1.82, 2.24) is 9.80 Å². The second kappa shape index (κ2) is 6.99. The number of fused-ring (bicyclic) bond motifs is 1. The molecule has 1 unspecified atom stereocenters. The molecule has 2 aliphatic heterocycles. The number of morpholine rings is 1. The van der Waals surface area contributed by atoms with Gasteiger partial charge in [-0.05, 0) is 30.0 Å². The normalized spacial score (nSPS) is 20.5. The topological polar surface area (TPSA) is 32.8 Å². The molecule has 0 aliphatic carbocycles. The van der Waals surface area contributed by atoms with Crippen molar-refractivity contribution >= 4 is 17.5 Å². The molecule has 120 valence electrons. The second-order valence-electron chi connectivity index (χ2n) is 5.96. The quantitative estimate of drug-likeness (QED) is 0.856. The zero-order chi connectivity index (χ0) is 15.5. The lowest BCUT2D eigenvalue weighted by Crippen LogP contribution is -2.52. The van der Waals surface area contributed by atoms with E-state index in [4.69, 9.17) is 16.3 Å². The first kappa shape index (κ1) is 15.8. The van der Waals surface area contributed by atoms with Gasteiger partial charge in [0.15, 0.2) is 0 Å². The number of ether oxygens (including phenoxy) is 1. The Labute approximate surface area is 137 Å². The number of benzene rings is 1. The van der Waals surface area contributed by atoms with Gasteiger partial charge in [-0.25, -0.2) is 0 Å². The summed E-state index contributed by atoms with van der Waals surface area (Å²) in [5.74, 6) is 0.245. The number of halogens is 1. The van der Waals surface area contributed by atoms with Gasteiger partial charge in [0.05, 0.1) is 19.3 Å². The molecular formula is C17H23ClN2O2. The van der Waals surface area contributed by atoms with Crippen LogP contribution in [0.4, 0.5) is 0 Å². The van der Waals surface area contributed by atoms with Gasteiger partial charge < -0.3 is 9.64 Å². The van der Waals surface area contributed by atoms with Crippen LogP contribution < -0.4 is 0 Å². The molecule has 1 aromatic rings. The summed E-state index contributed by atoms with van der Waals surface area (Å²) in [5, 5.41) is 0.824. The summed E-state index contributed by atoms with van der Waals surface area (Å²) < 4.78 is 5.40. The van der Waals surface area contributed by atoms with E-state index in [-0.39, 0.29) is 11.9 Å². The number of nitrogens with zero attached hydrogens (tertiary/aromatic N) is 2. The molecule has 4 nitrogen and oxygen atoms in total. The predicted octanol–water partition coefficient (Wildman–Crippen LogP) is 2.34. The van der Waals surface area contributed by atoms with Crippen LogP contribution in [0.25, 0.3) is 0 Å². The number of hydrogen-bond acceptors (Lipinski definition) is 3. The van der Waals surface area contributed by atoms with Gasteiger partial charge in [-0.2, -0.15) is 0 Å². The summed E-state index contributed by atoms with van der Waals surface area (Å²) in [6, 6.07) is 5.95. The average molecular weight is 323 g/mol. The molecular weight excluding hydrogens is 300 g/mol. The van der Waals surface area contributed by atoms with Crippen molar-refractivity contribution in [2.75, 3.05) is 32.8 Å². The fourth-order valence-electron chi connectivity index (χ4n) is 3.44. The first-order valence-electron chi connectivity index (χ1n) is 8.07. The molecule has 1 amide bonds. The van der Waals surface area contributed by atoms with Crippen molar-refractivity contribution in [3.05, 3.63) is 34.3 Å². The van der Waals surface area contributed by atoms with Gasteiger partial charge in [-0.3, -0.25) is 9.69 Å². The molecule has 0 radical (unpaired) electrons. The lowest BCUT2D eigenvalue weighted by Gasteiger charge is -2.38. The number of hydrogen-bond donors (Lipinski definition) is 0. The van der Waals surface area contributed by atoms with Gasteiger partial charge in [0, 0.05) is 31.2 Å². The standard InChI is InChI=1S/C17H23ClN2O2/c1-2-16(19-8-10-22-11-9-19)17(21)20-7-6-14-13(12-20)4-3-5-15(14)18/h3-5,16H,2,6-12H2,1H3. The molecule has 0 N–H and O–H groups in total. The van der Waals surface area contributed by atoms with Crippen LogP contribution in [0.1, 0.15) is 24.5 Å². The summed E-state index contributed by atoms with van der Waals surface area (Å²) in [7, 11) is 0. The number of amides is 1. The highest BCUT2D eigenvalue weighted by Gasteiger charge is 2.31. The van der Waals surface area contributed by atoms with E-state index < -0.39 is 0 Å². The first-order chi connectivity index (χ1) is 10.7. The fourth-order valence-corrected chi connectivity index (χ4v) is 3.73. The maximum atomic E-state index is 12.9. The van der Waals surface area contributed by atoms with E-state index in [2.05, 4.69) is 17.9 Å². The minimum Gasteiger partial charge on any atom is -0.379 e. The van der Waals surface area contributed by atoms with Crippen molar-refractivity contribution in [3.8, 4) is 0 Å². The van der Waals surface area contributed by atoms with E-state index in [9.17, 15) is 4.79 Å². The molecule has 22 heavy (non-hydrogen) atoms. The summed E-state index contributed by atoms with van der Waals surface area (Å²) in [5.41, 5.74) is 2.39. The third kappa shape index (κ3) is 3.14. The summed E-state index contributed by atoms with van der Waals surface area (Å²) in [4.78, 5) is 17.2. The Hall–Kier alpha value is -1.10. The second-order valence-corrected chi connectivity index (χ2v) is 6.37. The molecule has 5 heteroatoms. The molecule has 1 saturated heterocycles. The summed E-state index contributed by atoms with van der Waals surface area (Å²) >= 11 is 6.26. The van der Waals surface area contributed by atoms with Gasteiger partial charge in [0.2, 0.25) is 5.91 Å². The monoisotopic (exact) mass is 322 g/mol. The van der Waals surface area contributed by atoms with E-state index in [1.807, 2.05) is 17.0 Å². The van der Waals surface area contributed by atoms with E-state index >= 15 is 0 Å². The summed E-state index contributed by atoms with van der Waals surface area (Å²) in [6.07, 6.45) is 1.69. The number of carbonyl (C=O) groups excluding carboxylic acids is 1. The molecule has 2 aliphatic rings. The molecule has 1 fully saturated rings. The molecule has 0 saturated carbocycles. The zero-order valence-electron chi connectivity index (χ0n) is 13.1. The van der Waals surface area contributed by atoms with Crippen LogP contribution in [0.15, 0.2) is 18.2 Å². The average Bonchev–Trinajstić information content (AvgIpc) is 2.56. The van der Waals surface area contributed by atoms with E-state index in [0.29, 0.717) is 6.54 Å². The minimum atomic E-state index is -0.0235. The van der Waals surface area contributed by atoms with Crippen LogP contribution in [-0.4, -0.2) is 54.6 Å². The fraction of sp³-hybridized carbons (Fsp3) is 0.588. The van der Waals surface area contributed by atoms with Gasteiger partial charge in [-0.1, -0.05) is 30.7 Å². The smallest absolute Gasteiger partial charge is 0.240 e. The lowest BCUT2D eigenvalue weighted by molar-refractivity contribution is -0.139. The van der Waals surface area contributed by atoms with Crippen LogP contribution in [0, 0.1) is 0 Å². The molecule has 0 bridgehead atoms. The molecule has 1 aromatic carbocycles. The highest BCUT2D eigenvalue weighted by Crippen LogP contribution is 2.26. The van der Waals surface area contributed by atoms with Crippen LogP contribution in [0.5, 0.6) is 0 Å². The number of carbonyl (C=O) groups is 1. The van der Waals surface area contributed by atoms with Crippen molar-refractivity contribution < 1.29 is 9.53 Å². The first-order valence-corrected chi connectivity index (χ1v) is 8.45. The van der Waals surface area contributed by atoms with Crippen LogP contribution in [0.2, 0.25) is 5.02 Å². The lowest BCUT2D eigenvalue weighted by atomic mass is 9.98. The van der Waals surface area contributed by atoms with Crippen molar-refractivity contribution in [2.45, 2.75) is 32.4 Å². The Balaban J connectivity index is 1.72. The van der Waals surface area contributed by atoms with E-state index in [1.165, 1.54) is 11.1 Å². The minimum absolute atomic E-state index is 0.0235. The van der Waals surface area contributed by atoms with E-state index in [0.717, 1.165) is 50.7 Å². The zero-order valence-corrected chi connectivity index (χ0v) is 13.8. The molecule has 1 atom stereocenters. The summed E-state index contributed by atoms with van der Waals surface area (Å²) in [6.45, 7) is 6.67. The SMILES string of the molecule is CCC(C(=O)N1CCc2c(Cl)cccc2C1)N1CCOCC1. The maximum absolute atomic E-state index is 12.9. The van der Waals surface area contributed by atoms with Crippen LogP contribution >= 0.6 is 11.6 Å². The Morgan fingerprint density at radius 3 is 2.82 bits per heavy atom. The van der Waals surface area contributed by atoms with Crippen molar-refractivity contribution in [3.63, 3.8) is 0 Å². The Morgan fingerprint density at radius 2 is 2.09 bits per heavy atom. The van der Waals surface area contributed by atoms with E-state index in [1.54, 1.807) is 0 Å². The Bertz CT molecular complexity index is 543. The van der Waals surface area contributed by atoms with Crippen LogP contribution in [-0.2, 0) is 22.5 Å². The van der Waals surface area contributed by atoms with Crippen molar-refractivity contribution in [2.24, 2.45) is 0 Å². The maximum Gasteiger partial charge on any atom is 0.240 e. The van der Waals surface area contributed by atoms with Gasteiger partial charge in [0.25, 0.3) is 0 Å². The highest BCUT2D eigenvalue weighted by atomic mass is 35.5. The predicted molar refractivity (Wildman–Crippen MR) is 87.0 cm³/mol. The third-order valence-electron chi connectivity index (χ3n) is 4.68. The Morgan fingerprint density at radius 1 is 1.32 bits per heavy atom. The highest BCUT2D eigenvalue weighted by molar-refractivity contribution is 6.31. The van der Waals surface area contributed by atoms with Gasteiger partial charge in [-0.15, -0.1) is 0 Å². The third-order valence-corrected chi connectivity index (χ3v) is 5.03. The van der Waals surface area contributed by atoms with Gasteiger partial charge >= 0.3 is 0 Å². The van der Waals surface area contributed by atoms with Crippen molar-refractivity contribution in [1.29, 1.82) is 0 Å². The molecule has 3 rings (SSSR count). The largest absolute Gasteiger partial charge is 0.379 e. The van der Waals surface area contributed by atoms with Gasteiger partial charge in [0.1, 0.15) is 0 Å². The number of rotatable bonds is 3. The van der Waals surface area contributed by atoms with Crippen LogP contribution in [0.3, 0.4) is 0 Å².